The summed E-state index contributed by atoms with van der Waals surface area (Å²) < 4.78 is 0. The van der Waals surface area contributed by atoms with Crippen LogP contribution in [-0.4, -0.2) is 16.9 Å². The fraction of sp³-hybridized carbons (Fsp3) is 0.385. The molecule has 0 aliphatic heterocycles. The van der Waals surface area contributed by atoms with Gasteiger partial charge in [-0.3, -0.25) is 9.59 Å². The summed E-state index contributed by atoms with van der Waals surface area (Å²) in [6, 6.07) is 7.36. The quantitative estimate of drug-likeness (QED) is 0.776. The average molecular weight is 220 g/mol. The van der Waals surface area contributed by atoms with Crippen LogP contribution in [0.15, 0.2) is 24.3 Å². The Bertz CT molecular complexity index is 396. The summed E-state index contributed by atoms with van der Waals surface area (Å²) in [7, 11) is 0. The first-order valence-electron chi connectivity index (χ1n) is 5.30. The number of carbonyl (C=O) groups excluding carboxylic acids is 1. The maximum atomic E-state index is 11.8. The second-order valence-electron chi connectivity index (χ2n) is 4.20. The fourth-order valence-electron chi connectivity index (χ4n) is 1.62. The molecule has 1 unspecified atom stereocenters. The molecular formula is C13H16O3. The van der Waals surface area contributed by atoms with Gasteiger partial charge in [0, 0.05) is 18.4 Å². The molecule has 16 heavy (non-hydrogen) atoms. The first-order valence-corrected chi connectivity index (χ1v) is 5.30. The van der Waals surface area contributed by atoms with Crippen molar-refractivity contribution in [3.63, 3.8) is 0 Å². The van der Waals surface area contributed by atoms with E-state index in [1.807, 2.05) is 25.1 Å². The van der Waals surface area contributed by atoms with Crippen molar-refractivity contribution in [2.75, 3.05) is 0 Å². The van der Waals surface area contributed by atoms with Gasteiger partial charge in [-0.1, -0.05) is 30.7 Å². The Kier molecular flexibility index (Phi) is 4.23. The summed E-state index contributed by atoms with van der Waals surface area (Å²) in [5.41, 5.74) is 1.70. The molecule has 0 radical (unpaired) electrons. The van der Waals surface area contributed by atoms with Gasteiger partial charge in [-0.2, -0.15) is 0 Å². The van der Waals surface area contributed by atoms with Crippen molar-refractivity contribution in [3.05, 3.63) is 35.4 Å². The Hall–Kier alpha value is -1.64. The van der Waals surface area contributed by atoms with Crippen LogP contribution in [0.5, 0.6) is 0 Å². The molecule has 0 fully saturated rings. The number of Topliss-reactive ketones (excluding diaryl/α,β-unsaturated/α-hetero) is 1. The Labute approximate surface area is 95.1 Å². The summed E-state index contributed by atoms with van der Waals surface area (Å²) in [5.74, 6) is -0.965. The lowest BCUT2D eigenvalue weighted by Crippen LogP contribution is -2.10. The van der Waals surface area contributed by atoms with E-state index in [1.165, 1.54) is 0 Å². The van der Waals surface area contributed by atoms with Crippen LogP contribution in [0.3, 0.4) is 0 Å². The Balaban J connectivity index is 2.62. The van der Waals surface area contributed by atoms with Gasteiger partial charge in [0.05, 0.1) is 0 Å². The van der Waals surface area contributed by atoms with Gasteiger partial charge in [-0.05, 0) is 18.9 Å². The fourth-order valence-corrected chi connectivity index (χ4v) is 1.62. The minimum atomic E-state index is -0.857. The van der Waals surface area contributed by atoms with Crippen LogP contribution >= 0.6 is 0 Å². The zero-order valence-electron chi connectivity index (χ0n) is 9.56. The van der Waals surface area contributed by atoms with E-state index in [4.69, 9.17) is 5.11 Å². The second kappa shape index (κ2) is 5.45. The Morgan fingerprint density at radius 3 is 2.56 bits per heavy atom. The molecule has 0 aliphatic rings. The minimum Gasteiger partial charge on any atom is -0.481 e. The highest BCUT2D eigenvalue weighted by Gasteiger charge is 2.13. The smallest absolute Gasteiger partial charge is 0.303 e. The first-order chi connectivity index (χ1) is 7.49. The monoisotopic (exact) mass is 220 g/mol. The van der Waals surface area contributed by atoms with Gasteiger partial charge in [0.2, 0.25) is 0 Å². The summed E-state index contributed by atoms with van der Waals surface area (Å²) >= 11 is 0. The van der Waals surface area contributed by atoms with Crippen LogP contribution in [0.4, 0.5) is 0 Å². The normalized spacial score (nSPS) is 12.1. The molecule has 0 saturated carbocycles. The number of hydrogen-bond acceptors (Lipinski definition) is 2. The van der Waals surface area contributed by atoms with Crippen LogP contribution in [0.1, 0.15) is 35.7 Å². The molecule has 0 spiro atoms. The van der Waals surface area contributed by atoms with E-state index in [9.17, 15) is 9.59 Å². The SMILES string of the molecule is Cc1cccc(C(=O)CC(C)CC(=O)O)c1. The highest BCUT2D eigenvalue weighted by Crippen LogP contribution is 2.13. The van der Waals surface area contributed by atoms with E-state index < -0.39 is 5.97 Å². The number of aliphatic carboxylic acids is 1. The molecule has 3 nitrogen and oxygen atoms in total. The lowest BCUT2D eigenvalue weighted by atomic mass is 9.96. The number of carboxylic acids is 1. The maximum Gasteiger partial charge on any atom is 0.303 e. The molecule has 0 bridgehead atoms. The lowest BCUT2D eigenvalue weighted by molar-refractivity contribution is -0.137. The van der Waals surface area contributed by atoms with E-state index in [2.05, 4.69) is 0 Å². The van der Waals surface area contributed by atoms with E-state index in [1.54, 1.807) is 13.0 Å². The number of rotatable bonds is 5. The van der Waals surface area contributed by atoms with Crippen molar-refractivity contribution in [1.29, 1.82) is 0 Å². The van der Waals surface area contributed by atoms with Gasteiger partial charge in [0.15, 0.2) is 5.78 Å². The summed E-state index contributed by atoms with van der Waals surface area (Å²) in [4.78, 5) is 22.3. The zero-order chi connectivity index (χ0) is 12.1. The molecule has 0 heterocycles. The van der Waals surface area contributed by atoms with Crippen molar-refractivity contribution in [2.24, 2.45) is 5.92 Å². The van der Waals surface area contributed by atoms with E-state index >= 15 is 0 Å². The molecule has 1 rings (SSSR count). The van der Waals surface area contributed by atoms with E-state index in [0.29, 0.717) is 5.56 Å². The molecule has 0 amide bonds. The molecule has 0 saturated heterocycles. The van der Waals surface area contributed by atoms with Crippen molar-refractivity contribution >= 4 is 11.8 Å². The number of aryl methyl sites for hydroxylation is 1. The number of benzene rings is 1. The highest BCUT2D eigenvalue weighted by atomic mass is 16.4. The predicted molar refractivity (Wildman–Crippen MR) is 61.5 cm³/mol. The third-order valence-electron chi connectivity index (χ3n) is 2.40. The summed E-state index contributed by atoms with van der Waals surface area (Å²) in [6.07, 6.45) is 0.327. The third kappa shape index (κ3) is 3.85. The average Bonchev–Trinajstić information content (AvgIpc) is 2.16. The molecule has 3 heteroatoms. The van der Waals surface area contributed by atoms with Gasteiger partial charge in [-0.15, -0.1) is 0 Å². The molecule has 86 valence electrons. The standard InChI is InChI=1S/C13H16O3/c1-9-4-3-5-11(6-9)12(14)7-10(2)8-13(15)16/h3-6,10H,7-8H2,1-2H3,(H,15,16). The van der Waals surface area contributed by atoms with Crippen molar-refractivity contribution in [3.8, 4) is 0 Å². The van der Waals surface area contributed by atoms with Crippen molar-refractivity contribution < 1.29 is 14.7 Å². The van der Waals surface area contributed by atoms with Crippen LogP contribution in [0, 0.1) is 12.8 Å². The number of hydrogen-bond donors (Lipinski definition) is 1. The van der Waals surface area contributed by atoms with Crippen molar-refractivity contribution in [1.82, 2.24) is 0 Å². The molecule has 1 N–H and O–H groups in total. The Morgan fingerprint density at radius 1 is 1.31 bits per heavy atom. The van der Waals surface area contributed by atoms with Gasteiger partial charge in [-0.25, -0.2) is 0 Å². The number of ketones is 1. The Morgan fingerprint density at radius 2 is 2.00 bits per heavy atom. The van der Waals surface area contributed by atoms with E-state index in [-0.39, 0.29) is 24.5 Å². The second-order valence-corrected chi connectivity index (χ2v) is 4.20. The van der Waals surface area contributed by atoms with Gasteiger partial charge < -0.3 is 5.11 Å². The molecular weight excluding hydrogens is 204 g/mol. The molecule has 0 aromatic heterocycles. The lowest BCUT2D eigenvalue weighted by Gasteiger charge is -2.07. The third-order valence-corrected chi connectivity index (χ3v) is 2.40. The summed E-state index contributed by atoms with van der Waals surface area (Å²) in [5, 5.41) is 8.60. The largest absolute Gasteiger partial charge is 0.481 e. The summed E-state index contributed by atoms with van der Waals surface area (Å²) in [6.45, 7) is 3.71. The maximum absolute atomic E-state index is 11.8. The molecule has 1 atom stereocenters. The van der Waals surface area contributed by atoms with Gasteiger partial charge >= 0.3 is 5.97 Å². The topological polar surface area (TPSA) is 54.4 Å². The number of carboxylic acid groups (broad SMARTS) is 1. The van der Waals surface area contributed by atoms with E-state index in [0.717, 1.165) is 5.56 Å². The van der Waals surface area contributed by atoms with Crippen LogP contribution in [0.25, 0.3) is 0 Å². The highest BCUT2D eigenvalue weighted by molar-refractivity contribution is 5.96. The van der Waals surface area contributed by atoms with Crippen LogP contribution < -0.4 is 0 Å². The van der Waals surface area contributed by atoms with Gasteiger partial charge in [0.1, 0.15) is 0 Å². The zero-order valence-corrected chi connectivity index (χ0v) is 9.56. The minimum absolute atomic E-state index is 0.0115. The molecule has 0 aliphatic carbocycles. The molecule has 1 aromatic carbocycles. The predicted octanol–water partition coefficient (Wildman–Crippen LogP) is 2.68. The van der Waals surface area contributed by atoms with Gasteiger partial charge in [0.25, 0.3) is 0 Å². The van der Waals surface area contributed by atoms with Crippen molar-refractivity contribution in [2.45, 2.75) is 26.7 Å². The number of carbonyl (C=O) groups is 2. The van der Waals surface area contributed by atoms with Crippen LogP contribution in [-0.2, 0) is 4.79 Å². The van der Waals surface area contributed by atoms with Crippen LogP contribution in [0.2, 0.25) is 0 Å². The first kappa shape index (κ1) is 12.4. The molecule has 1 aromatic rings.